The SMILES string of the molecule is CC(CSc1ccccc1)C(=O)Nc1ccc(Cl)cc1NC(=O)c1ccco1. The van der Waals surface area contributed by atoms with Crippen LogP contribution in [-0.2, 0) is 4.79 Å². The van der Waals surface area contributed by atoms with Crippen LogP contribution < -0.4 is 10.6 Å². The predicted molar refractivity (Wildman–Crippen MR) is 113 cm³/mol. The van der Waals surface area contributed by atoms with Crippen molar-refractivity contribution in [1.82, 2.24) is 0 Å². The van der Waals surface area contributed by atoms with E-state index in [0.29, 0.717) is 22.2 Å². The van der Waals surface area contributed by atoms with Crippen molar-refractivity contribution in [3.05, 3.63) is 77.7 Å². The Labute approximate surface area is 172 Å². The van der Waals surface area contributed by atoms with E-state index in [2.05, 4.69) is 10.6 Å². The third kappa shape index (κ3) is 5.41. The Kier molecular flexibility index (Phi) is 6.79. The van der Waals surface area contributed by atoms with Crippen LogP contribution in [0.3, 0.4) is 0 Å². The standard InChI is InChI=1S/C21H19ClN2O3S/c1-14(13-28-16-6-3-2-4-7-16)20(25)23-17-10-9-15(22)12-18(17)24-21(26)19-8-5-11-27-19/h2-12,14H,13H2,1H3,(H,23,25)(H,24,26). The van der Waals surface area contributed by atoms with Crippen molar-refractivity contribution in [1.29, 1.82) is 0 Å². The molecule has 0 fully saturated rings. The molecule has 1 atom stereocenters. The first-order chi connectivity index (χ1) is 13.5. The van der Waals surface area contributed by atoms with Crippen LogP contribution in [0.4, 0.5) is 11.4 Å². The first-order valence-corrected chi connectivity index (χ1v) is 10.0. The lowest BCUT2D eigenvalue weighted by Crippen LogP contribution is -2.23. The zero-order valence-corrected chi connectivity index (χ0v) is 16.7. The molecule has 0 radical (unpaired) electrons. The minimum atomic E-state index is -0.421. The number of carbonyl (C=O) groups is 2. The van der Waals surface area contributed by atoms with Gasteiger partial charge in [-0.2, -0.15) is 0 Å². The number of halogens is 1. The van der Waals surface area contributed by atoms with E-state index in [4.69, 9.17) is 16.0 Å². The molecule has 2 amide bonds. The highest BCUT2D eigenvalue weighted by molar-refractivity contribution is 7.99. The molecule has 3 rings (SSSR count). The van der Waals surface area contributed by atoms with E-state index in [1.807, 2.05) is 37.3 Å². The minimum absolute atomic E-state index is 0.140. The summed E-state index contributed by atoms with van der Waals surface area (Å²) in [6.07, 6.45) is 1.42. The summed E-state index contributed by atoms with van der Waals surface area (Å²) >= 11 is 7.67. The number of hydrogen-bond acceptors (Lipinski definition) is 4. The first kappa shape index (κ1) is 20.0. The minimum Gasteiger partial charge on any atom is -0.459 e. The highest BCUT2D eigenvalue weighted by Gasteiger charge is 2.17. The second kappa shape index (κ2) is 9.48. The predicted octanol–water partition coefficient (Wildman–Crippen LogP) is 5.55. The van der Waals surface area contributed by atoms with E-state index in [9.17, 15) is 9.59 Å². The molecule has 0 spiro atoms. The average Bonchev–Trinajstić information content (AvgIpc) is 3.24. The molecule has 0 saturated carbocycles. The maximum absolute atomic E-state index is 12.6. The molecule has 7 heteroatoms. The summed E-state index contributed by atoms with van der Waals surface area (Å²) in [6, 6.07) is 18.0. The number of thioether (sulfide) groups is 1. The monoisotopic (exact) mass is 414 g/mol. The molecule has 0 aliphatic heterocycles. The van der Waals surface area contributed by atoms with Crippen LogP contribution in [0.2, 0.25) is 5.02 Å². The van der Waals surface area contributed by atoms with Gasteiger partial charge in [0.2, 0.25) is 5.91 Å². The van der Waals surface area contributed by atoms with Crippen molar-refractivity contribution >= 4 is 46.6 Å². The Bertz CT molecular complexity index is 946. The van der Waals surface area contributed by atoms with Gasteiger partial charge in [-0.05, 0) is 42.5 Å². The number of anilines is 2. The van der Waals surface area contributed by atoms with Crippen molar-refractivity contribution in [2.75, 3.05) is 16.4 Å². The number of carbonyl (C=O) groups excluding carboxylic acids is 2. The van der Waals surface area contributed by atoms with Gasteiger partial charge in [0.25, 0.3) is 5.91 Å². The molecule has 0 saturated heterocycles. The molecule has 0 aliphatic carbocycles. The van der Waals surface area contributed by atoms with Crippen molar-refractivity contribution in [3.8, 4) is 0 Å². The lowest BCUT2D eigenvalue weighted by molar-refractivity contribution is -0.118. The molecule has 2 aromatic carbocycles. The van der Waals surface area contributed by atoms with Gasteiger partial charge >= 0.3 is 0 Å². The number of rotatable bonds is 7. The fourth-order valence-electron chi connectivity index (χ4n) is 2.39. The van der Waals surface area contributed by atoms with Crippen LogP contribution >= 0.6 is 23.4 Å². The Hall–Kier alpha value is -2.70. The summed E-state index contributed by atoms with van der Waals surface area (Å²) in [7, 11) is 0. The third-order valence-electron chi connectivity index (χ3n) is 3.92. The normalized spacial score (nSPS) is 11.6. The molecule has 28 heavy (non-hydrogen) atoms. The quantitative estimate of drug-likeness (QED) is 0.497. The van der Waals surface area contributed by atoms with Crippen LogP contribution in [0.15, 0.2) is 76.2 Å². The summed E-state index contributed by atoms with van der Waals surface area (Å²) in [6.45, 7) is 1.86. The van der Waals surface area contributed by atoms with Crippen LogP contribution in [0.1, 0.15) is 17.5 Å². The van der Waals surface area contributed by atoms with Gasteiger partial charge in [-0.25, -0.2) is 0 Å². The van der Waals surface area contributed by atoms with E-state index in [-0.39, 0.29) is 17.6 Å². The second-order valence-electron chi connectivity index (χ2n) is 6.14. The largest absolute Gasteiger partial charge is 0.459 e. The Balaban J connectivity index is 1.65. The lowest BCUT2D eigenvalue weighted by Gasteiger charge is -2.15. The Morgan fingerprint density at radius 1 is 1.04 bits per heavy atom. The topological polar surface area (TPSA) is 71.3 Å². The van der Waals surface area contributed by atoms with Crippen LogP contribution in [0.5, 0.6) is 0 Å². The van der Waals surface area contributed by atoms with Crippen molar-refractivity contribution in [2.45, 2.75) is 11.8 Å². The van der Waals surface area contributed by atoms with E-state index < -0.39 is 5.91 Å². The van der Waals surface area contributed by atoms with Gasteiger partial charge in [-0.15, -0.1) is 11.8 Å². The molecule has 144 valence electrons. The van der Waals surface area contributed by atoms with E-state index in [0.717, 1.165) is 4.90 Å². The van der Waals surface area contributed by atoms with Gasteiger partial charge in [0.05, 0.1) is 17.6 Å². The second-order valence-corrected chi connectivity index (χ2v) is 7.67. The molecule has 3 aromatic rings. The Morgan fingerprint density at radius 3 is 2.54 bits per heavy atom. The van der Waals surface area contributed by atoms with Gasteiger partial charge in [0.15, 0.2) is 5.76 Å². The summed E-state index contributed by atoms with van der Waals surface area (Å²) in [5, 5.41) is 6.03. The summed E-state index contributed by atoms with van der Waals surface area (Å²) < 4.78 is 5.10. The van der Waals surface area contributed by atoms with Crippen LogP contribution in [-0.4, -0.2) is 17.6 Å². The van der Waals surface area contributed by atoms with Gasteiger partial charge in [-0.3, -0.25) is 9.59 Å². The number of amides is 2. The number of nitrogens with one attached hydrogen (secondary N) is 2. The zero-order valence-electron chi connectivity index (χ0n) is 15.1. The summed E-state index contributed by atoms with van der Waals surface area (Å²) in [4.78, 5) is 26.0. The average molecular weight is 415 g/mol. The van der Waals surface area contributed by atoms with Gasteiger partial charge < -0.3 is 15.1 Å². The highest BCUT2D eigenvalue weighted by Crippen LogP contribution is 2.28. The smallest absolute Gasteiger partial charge is 0.291 e. The molecular weight excluding hydrogens is 396 g/mol. The highest BCUT2D eigenvalue weighted by atomic mass is 35.5. The molecule has 2 N–H and O–H groups in total. The van der Waals surface area contributed by atoms with E-state index in [1.165, 1.54) is 6.26 Å². The van der Waals surface area contributed by atoms with Gasteiger partial charge in [0.1, 0.15) is 0 Å². The van der Waals surface area contributed by atoms with Gasteiger partial charge in [0, 0.05) is 21.6 Å². The molecule has 1 unspecified atom stereocenters. The number of furan rings is 1. The van der Waals surface area contributed by atoms with Gasteiger partial charge in [-0.1, -0.05) is 36.7 Å². The molecule has 0 aliphatic rings. The maximum atomic E-state index is 12.6. The first-order valence-electron chi connectivity index (χ1n) is 8.66. The summed E-state index contributed by atoms with van der Waals surface area (Å²) in [5.74, 6) is 0.0198. The fraction of sp³-hybridized carbons (Fsp3) is 0.143. The third-order valence-corrected chi connectivity index (χ3v) is 5.43. The number of benzene rings is 2. The lowest BCUT2D eigenvalue weighted by atomic mass is 10.2. The van der Waals surface area contributed by atoms with Crippen molar-refractivity contribution < 1.29 is 14.0 Å². The van der Waals surface area contributed by atoms with E-state index >= 15 is 0 Å². The molecule has 1 heterocycles. The number of hydrogen-bond donors (Lipinski definition) is 2. The van der Waals surface area contributed by atoms with Crippen molar-refractivity contribution in [2.24, 2.45) is 5.92 Å². The van der Waals surface area contributed by atoms with Crippen LogP contribution in [0, 0.1) is 5.92 Å². The van der Waals surface area contributed by atoms with Crippen molar-refractivity contribution in [3.63, 3.8) is 0 Å². The maximum Gasteiger partial charge on any atom is 0.291 e. The molecule has 0 bridgehead atoms. The Morgan fingerprint density at radius 2 is 1.82 bits per heavy atom. The fourth-order valence-corrected chi connectivity index (χ4v) is 3.51. The van der Waals surface area contributed by atoms with E-state index in [1.54, 1.807) is 42.1 Å². The zero-order chi connectivity index (χ0) is 19.9. The molecule has 5 nitrogen and oxygen atoms in total. The molecule has 1 aromatic heterocycles. The summed E-state index contributed by atoms with van der Waals surface area (Å²) in [5.41, 5.74) is 0.885. The van der Waals surface area contributed by atoms with Crippen LogP contribution in [0.25, 0.3) is 0 Å². The molecular formula is C21H19ClN2O3S.